The van der Waals surface area contributed by atoms with Gasteiger partial charge >= 0.3 is 0 Å². The molecule has 0 aliphatic heterocycles. The highest BCUT2D eigenvalue weighted by molar-refractivity contribution is 9.08. The maximum atomic E-state index is 4.50. The fraction of sp³-hybridized carbons (Fsp3) is 1.00. The van der Waals surface area contributed by atoms with Gasteiger partial charge in [-0.3, -0.25) is 0 Å². The van der Waals surface area contributed by atoms with Crippen LogP contribution in [0.5, 0.6) is 0 Å². The molecule has 0 aliphatic rings. The molecule has 0 atom stereocenters. The van der Waals surface area contributed by atoms with Crippen molar-refractivity contribution in [2.75, 3.05) is 27.0 Å². The minimum atomic E-state index is 1.50. The number of rotatable bonds is 0. The third-order valence-electron chi connectivity index (χ3n) is 0. The van der Waals surface area contributed by atoms with Crippen LogP contribution in [0.25, 0.3) is 0 Å². The van der Waals surface area contributed by atoms with Crippen LogP contribution in [-0.2, 0) is 0 Å². The van der Waals surface area contributed by atoms with Gasteiger partial charge in [-0.25, -0.2) is 0 Å². The van der Waals surface area contributed by atoms with E-state index in [4.69, 9.17) is 0 Å². The van der Waals surface area contributed by atoms with E-state index in [-0.39, 0.29) is 0 Å². The van der Waals surface area contributed by atoms with E-state index in [1.165, 1.54) is 7.05 Å². The summed E-state index contributed by atoms with van der Waals surface area (Å²) in [5.41, 5.74) is 4.50. The first-order chi connectivity index (χ1) is 4.41. The Hall–Kier alpha value is 0.400. The van der Waals surface area contributed by atoms with Gasteiger partial charge < -0.3 is 11.1 Å². The fourth-order valence-corrected chi connectivity index (χ4v) is 0. The molecule has 2 nitrogen and oxygen atoms in total. The molecule has 0 heterocycles. The third-order valence-corrected chi connectivity index (χ3v) is 0. The second kappa shape index (κ2) is 235. The molecule has 0 radical (unpaired) electrons. The van der Waals surface area contributed by atoms with Crippen molar-refractivity contribution in [3.05, 3.63) is 0 Å². The van der Waals surface area contributed by atoms with Gasteiger partial charge in [0.25, 0.3) is 0 Å². The lowest BCUT2D eigenvalue weighted by Crippen LogP contribution is -1.89. The summed E-state index contributed by atoms with van der Waals surface area (Å²) in [4.78, 5) is 0. The molecule has 0 saturated heterocycles. The summed E-state index contributed by atoms with van der Waals surface area (Å²) in [6.07, 6.45) is 0. The SMILES string of the molecule is CBr.CC.CN.CNC. The van der Waals surface area contributed by atoms with Crippen molar-refractivity contribution in [1.82, 2.24) is 5.32 Å². The molecule has 0 fully saturated rings. The van der Waals surface area contributed by atoms with Gasteiger partial charge in [0.1, 0.15) is 0 Å². The molecule has 3 N–H and O–H groups in total. The van der Waals surface area contributed by atoms with Crippen molar-refractivity contribution in [3.8, 4) is 0 Å². The molecule has 0 aromatic carbocycles. The number of alkyl halides is 1. The van der Waals surface area contributed by atoms with Crippen LogP contribution in [0.3, 0.4) is 0 Å². The van der Waals surface area contributed by atoms with E-state index >= 15 is 0 Å². The average molecular weight is 201 g/mol. The molecular weight excluding hydrogens is 180 g/mol. The van der Waals surface area contributed by atoms with Crippen molar-refractivity contribution in [1.29, 1.82) is 0 Å². The number of nitrogens with one attached hydrogen (secondary N) is 1. The molecule has 0 amide bonds. The van der Waals surface area contributed by atoms with Crippen LogP contribution in [0.2, 0.25) is 0 Å². The van der Waals surface area contributed by atoms with Crippen LogP contribution >= 0.6 is 15.9 Å². The van der Waals surface area contributed by atoms with Gasteiger partial charge in [0.2, 0.25) is 0 Å². The quantitative estimate of drug-likeness (QED) is 0.582. The first-order valence-corrected chi connectivity index (χ1v) is 4.54. The summed E-state index contributed by atoms with van der Waals surface area (Å²) in [5.74, 6) is 1.81. The van der Waals surface area contributed by atoms with Crippen molar-refractivity contribution >= 4 is 15.9 Å². The molecule has 0 rings (SSSR count). The van der Waals surface area contributed by atoms with Crippen LogP contribution in [-0.4, -0.2) is 27.0 Å². The van der Waals surface area contributed by atoms with E-state index in [1.54, 1.807) is 0 Å². The maximum absolute atomic E-state index is 4.50. The van der Waals surface area contributed by atoms with Crippen molar-refractivity contribution in [2.45, 2.75) is 13.8 Å². The van der Waals surface area contributed by atoms with E-state index in [2.05, 4.69) is 27.0 Å². The van der Waals surface area contributed by atoms with E-state index in [9.17, 15) is 0 Å². The fourth-order valence-electron chi connectivity index (χ4n) is 0. The summed E-state index contributed by atoms with van der Waals surface area (Å²) in [7, 11) is 5.25. The molecule has 9 heavy (non-hydrogen) atoms. The summed E-state index contributed by atoms with van der Waals surface area (Å²) in [6.45, 7) is 4.00. The Labute approximate surface area is 68.3 Å². The molecule has 0 aromatic heterocycles. The Bertz CT molecular complexity index is 11.0. The lowest BCUT2D eigenvalue weighted by Gasteiger charge is -1.59. The smallest absolute Gasteiger partial charge is 0.00848 e. The van der Waals surface area contributed by atoms with Gasteiger partial charge in [-0.05, 0) is 27.0 Å². The van der Waals surface area contributed by atoms with Crippen LogP contribution in [0.4, 0.5) is 0 Å². The summed E-state index contributed by atoms with van der Waals surface area (Å²) < 4.78 is 0. The highest BCUT2D eigenvalue weighted by Gasteiger charge is 1.25. The first-order valence-electron chi connectivity index (χ1n) is 2.96. The minimum absolute atomic E-state index is 1.50. The van der Waals surface area contributed by atoms with Gasteiger partial charge in [-0.15, -0.1) is 0 Å². The number of nitrogens with two attached hydrogens (primary N) is 1. The summed E-state index contributed by atoms with van der Waals surface area (Å²) in [5, 5.41) is 2.75. The first kappa shape index (κ1) is 22.7. The third kappa shape index (κ3) is 2150. The van der Waals surface area contributed by atoms with Crippen LogP contribution in [0, 0.1) is 0 Å². The Morgan fingerprint density at radius 1 is 1.00 bits per heavy atom. The minimum Gasteiger partial charge on any atom is -0.333 e. The van der Waals surface area contributed by atoms with Gasteiger partial charge in [-0.1, -0.05) is 29.8 Å². The molecule has 3 heteroatoms. The van der Waals surface area contributed by atoms with Gasteiger partial charge in [-0.2, -0.15) is 0 Å². The number of hydrogen-bond acceptors (Lipinski definition) is 2. The number of hydrogen-bond donors (Lipinski definition) is 2. The molecule has 62 valence electrons. The summed E-state index contributed by atoms with van der Waals surface area (Å²) >= 11 is 2.94. The largest absolute Gasteiger partial charge is 0.333 e. The predicted molar refractivity (Wildman–Crippen MR) is 51.3 cm³/mol. The zero-order valence-electron chi connectivity index (χ0n) is 7.46. The topological polar surface area (TPSA) is 38.0 Å². The second-order valence-electron chi connectivity index (χ2n) is 0.500. The van der Waals surface area contributed by atoms with Crippen molar-refractivity contribution in [3.63, 3.8) is 0 Å². The molecule has 0 bridgehead atoms. The van der Waals surface area contributed by atoms with Gasteiger partial charge in [0, 0.05) is 0 Å². The molecular formula is C6H21BrN2. The standard InChI is InChI=1S/C2H7N.C2H6.CH3Br.CH5N/c1-3-2;3*1-2/h3H,1-2H3;1-2H3;1H3;2H2,1H3. The zero-order chi connectivity index (χ0) is 8.71. The average Bonchev–Trinajstić information content (AvgIpc) is 2.01. The molecule has 0 aliphatic carbocycles. The molecule has 0 unspecified atom stereocenters. The van der Waals surface area contributed by atoms with Crippen molar-refractivity contribution < 1.29 is 0 Å². The normalized spacial score (nSPS) is 4.00. The Balaban J connectivity index is -0.0000000190. The van der Waals surface area contributed by atoms with Crippen LogP contribution in [0.15, 0.2) is 0 Å². The molecule has 0 spiro atoms. The monoisotopic (exact) mass is 200 g/mol. The van der Waals surface area contributed by atoms with Crippen LogP contribution < -0.4 is 11.1 Å². The summed E-state index contributed by atoms with van der Waals surface area (Å²) in [6, 6.07) is 0. The Morgan fingerprint density at radius 2 is 1.00 bits per heavy atom. The maximum Gasteiger partial charge on any atom is -0.00848 e. The van der Waals surface area contributed by atoms with E-state index in [1.807, 2.05) is 33.8 Å². The zero-order valence-corrected chi connectivity index (χ0v) is 9.04. The molecule has 0 saturated carbocycles. The lowest BCUT2D eigenvalue weighted by atomic mass is 11.0. The van der Waals surface area contributed by atoms with E-state index in [0.717, 1.165) is 0 Å². The Morgan fingerprint density at radius 3 is 1.00 bits per heavy atom. The van der Waals surface area contributed by atoms with Gasteiger partial charge in [0.15, 0.2) is 0 Å². The number of halogens is 1. The highest BCUT2D eigenvalue weighted by Crippen LogP contribution is 1.45. The van der Waals surface area contributed by atoms with E-state index in [0.29, 0.717) is 0 Å². The van der Waals surface area contributed by atoms with Gasteiger partial charge in [0.05, 0.1) is 0 Å². The van der Waals surface area contributed by atoms with Crippen molar-refractivity contribution in [2.24, 2.45) is 5.73 Å². The predicted octanol–water partition coefficient (Wildman–Crippen LogP) is 1.45. The highest BCUT2D eigenvalue weighted by atomic mass is 79.9. The lowest BCUT2D eigenvalue weighted by molar-refractivity contribution is 1.02. The van der Waals surface area contributed by atoms with Crippen LogP contribution in [0.1, 0.15) is 13.8 Å². The van der Waals surface area contributed by atoms with E-state index < -0.39 is 0 Å². The second-order valence-corrected chi connectivity index (χ2v) is 0.500. The molecule has 0 aromatic rings. The Kier molecular flexibility index (Phi) is 593.